The van der Waals surface area contributed by atoms with Crippen LogP contribution < -0.4 is 5.32 Å². The number of rotatable bonds is 8. The number of aliphatic hydroxyl groups is 1. The molecule has 102 valence electrons. The molecule has 0 saturated carbocycles. The first-order valence-corrected chi connectivity index (χ1v) is 6.87. The van der Waals surface area contributed by atoms with Crippen LogP contribution in [0.25, 0.3) is 0 Å². The molecule has 6 heteroatoms. The van der Waals surface area contributed by atoms with Crippen molar-refractivity contribution in [2.45, 2.75) is 13.0 Å². The molecule has 0 unspecified atom stereocenters. The summed E-state index contributed by atoms with van der Waals surface area (Å²) in [5.41, 5.74) is 0.461. The second kappa shape index (κ2) is 8.29. The van der Waals surface area contributed by atoms with Crippen molar-refractivity contribution >= 4 is 11.8 Å². The Labute approximate surface area is 109 Å². The number of hydrogen-bond donors (Lipinski definition) is 3. The summed E-state index contributed by atoms with van der Waals surface area (Å²) in [6, 6.07) is 2.23. The fraction of sp³-hybridized carbons (Fsp3) is 0.500. The monoisotopic (exact) mass is 277 g/mol. The van der Waals surface area contributed by atoms with E-state index in [2.05, 4.69) is 5.32 Å². The Hall–Kier alpha value is -0.850. The first-order valence-electron chi connectivity index (χ1n) is 5.71. The predicted molar refractivity (Wildman–Crippen MR) is 68.8 cm³/mol. The van der Waals surface area contributed by atoms with E-state index in [1.54, 1.807) is 11.8 Å². The van der Waals surface area contributed by atoms with E-state index >= 15 is 0 Å². The van der Waals surface area contributed by atoms with Crippen LogP contribution >= 0.6 is 11.8 Å². The van der Waals surface area contributed by atoms with Crippen LogP contribution in [0.4, 0.5) is 8.78 Å². The molecule has 0 heterocycles. The van der Waals surface area contributed by atoms with Crippen molar-refractivity contribution in [3.05, 3.63) is 29.3 Å². The summed E-state index contributed by atoms with van der Waals surface area (Å²) < 4.78 is 26.0. The van der Waals surface area contributed by atoms with Crippen molar-refractivity contribution in [3.8, 4) is 5.75 Å². The third kappa shape index (κ3) is 5.20. The maximum absolute atomic E-state index is 13.0. The number of nitrogens with one attached hydrogen (secondary N) is 1. The van der Waals surface area contributed by atoms with E-state index in [4.69, 9.17) is 10.2 Å². The van der Waals surface area contributed by atoms with Gasteiger partial charge in [-0.3, -0.25) is 0 Å². The van der Waals surface area contributed by atoms with Gasteiger partial charge in [-0.2, -0.15) is 11.8 Å². The number of halogens is 2. The number of phenols is 1. The van der Waals surface area contributed by atoms with E-state index < -0.39 is 17.4 Å². The number of thioether (sulfide) groups is 1. The molecule has 0 aliphatic heterocycles. The van der Waals surface area contributed by atoms with Crippen LogP contribution in [-0.2, 0) is 6.54 Å². The SMILES string of the molecule is OCCCSCCNCc1cc(F)c(O)c(F)c1. The molecule has 0 saturated heterocycles. The quantitative estimate of drug-likeness (QED) is 0.635. The van der Waals surface area contributed by atoms with Gasteiger partial charge in [-0.25, -0.2) is 8.78 Å². The minimum atomic E-state index is -0.941. The molecular formula is C12H17F2NO2S. The van der Waals surface area contributed by atoms with Gasteiger partial charge in [0.15, 0.2) is 17.4 Å². The standard InChI is InChI=1S/C12H17F2NO2S/c13-10-6-9(7-11(14)12(10)17)8-15-2-5-18-4-1-3-16/h6-7,15-17H,1-5,8H2. The van der Waals surface area contributed by atoms with Gasteiger partial charge >= 0.3 is 0 Å². The van der Waals surface area contributed by atoms with Crippen LogP contribution in [0.15, 0.2) is 12.1 Å². The zero-order valence-electron chi connectivity index (χ0n) is 9.96. The predicted octanol–water partition coefficient (Wildman–Crippen LogP) is 1.88. The zero-order valence-corrected chi connectivity index (χ0v) is 10.8. The summed E-state index contributed by atoms with van der Waals surface area (Å²) in [6.07, 6.45) is 0.777. The van der Waals surface area contributed by atoms with Crippen molar-refractivity contribution in [2.24, 2.45) is 0 Å². The van der Waals surface area contributed by atoms with Gasteiger partial charge in [0.25, 0.3) is 0 Å². The Kier molecular flexibility index (Phi) is 7.00. The topological polar surface area (TPSA) is 52.5 Å². The number of hydrogen-bond acceptors (Lipinski definition) is 4. The van der Waals surface area contributed by atoms with Crippen molar-refractivity contribution in [1.82, 2.24) is 5.32 Å². The van der Waals surface area contributed by atoms with Crippen LogP contribution in [0.3, 0.4) is 0 Å². The molecule has 0 fully saturated rings. The molecule has 3 N–H and O–H groups in total. The lowest BCUT2D eigenvalue weighted by atomic mass is 10.2. The highest BCUT2D eigenvalue weighted by Crippen LogP contribution is 2.21. The fourth-order valence-electron chi connectivity index (χ4n) is 1.37. The summed E-state index contributed by atoms with van der Waals surface area (Å²) in [4.78, 5) is 0. The van der Waals surface area contributed by atoms with Gasteiger partial charge in [0.2, 0.25) is 0 Å². The fourth-order valence-corrected chi connectivity index (χ4v) is 2.19. The lowest BCUT2D eigenvalue weighted by molar-refractivity contribution is 0.296. The maximum atomic E-state index is 13.0. The van der Waals surface area contributed by atoms with Gasteiger partial charge in [0.05, 0.1) is 0 Å². The third-order valence-electron chi connectivity index (χ3n) is 2.28. The van der Waals surface area contributed by atoms with Crippen LogP contribution in [0.2, 0.25) is 0 Å². The minimum absolute atomic E-state index is 0.201. The van der Waals surface area contributed by atoms with Crippen LogP contribution in [-0.4, -0.2) is 34.9 Å². The molecule has 0 aromatic heterocycles. The van der Waals surface area contributed by atoms with E-state index in [-0.39, 0.29) is 6.61 Å². The molecule has 0 aliphatic carbocycles. The number of benzene rings is 1. The van der Waals surface area contributed by atoms with E-state index in [0.29, 0.717) is 12.1 Å². The molecular weight excluding hydrogens is 260 g/mol. The highest BCUT2D eigenvalue weighted by atomic mass is 32.2. The minimum Gasteiger partial charge on any atom is -0.503 e. The molecule has 0 radical (unpaired) electrons. The Bertz CT molecular complexity index is 354. The average Bonchev–Trinajstić information content (AvgIpc) is 2.34. The van der Waals surface area contributed by atoms with Crippen molar-refractivity contribution in [3.63, 3.8) is 0 Å². The van der Waals surface area contributed by atoms with Crippen LogP contribution in [0, 0.1) is 11.6 Å². The molecule has 0 atom stereocenters. The lowest BCUT2D eigenvalue weighted by Crippen LogP contribution is -2.17. The Morgan fingerprint density at radius 2 is 1.83 bits per heavy atom. The molecule has 0 spiro atoms. The number of aromatic hydroxyl groups is 1. The summed E-state index contributed by atoms with van der Waals surface area (Å²) in [6.45, 7) is 1.28. The molecule has 1 rings (SSSR count). The molecule has 0 bridgehead atoms. The van der Waals surface area contributed by atoms with E-state index in [9.17, 15) is 8.78 Å². The van der Waals surface area contributed by atoms with Crippen LogP contribution in [0.1, 0.15) is 12.0 Å². The van der Waals surface area contributed by atoms with Crippen molar-refractivity contribution in [1.29, 1.82) is 0 Å². The molecule has 18 heavy (non-hydrogen) atoms. The summed E-state index contributed by atoms with van der Waals surface area (Å²) in [7, 11) is 0. The Morgan fingerprint density at radius 1 is 1.17 bits per heavy atom. The van der Waals surface area contributed by atoms with Gasteiger partial charge in [-0.15, -0.1) is 0 Å². The molecule has 0 amide bonds. The number of phenolic OH excluding ortho intramolecular Hbond substituents is 1. The second-order valence-corrected chi connectivity index (χ2v) is 5.00. The summed E-state index contributed by atoms with van der Waals surface area (Å²) >= 11 is 1.71. The van der Waals surface area contributed by atoms with Gasteiger partial charge in [-0.05, 0) is 29.9 Å². The molecule has 1 aromatic carbocycles. The van der Waals surface area contributed by atoms with E-state index in [0.717, 1.165) is 36.6 Å². The molecule has 3 nitrogen and oxygen atoms in total. The van der Waals surface area contributed by atoms with Gasteiger partial charge in [0, 0.05) is 25.4 Å². The first-order chi connectivity index (χ1) is 8.65. The Balaban J connectivity index is 2.23. The second-order valence-electron chi connectivity index (χ2n) is 3.77. The smallest absolute Gasteiger partial charge is 0.187 e. The third-order valence-corrected chi connectivity index (χ3v) is 3.35. The molecule has 0 aliphatic rings. The lowest BCUT2D eigenvalue weighted by Gasteiger charge is -2.06. The highest BCUT2D eigenvalue weighted by molar-refractivity contribution is 7.99. The first kappa shape index (κ1) is 15.2. The summed E-state index contributed by atoms with van der Waals surface area (Å²) in [5, 5.41) is 20.6. The Morgan fingerprint density at radius 3 is 2.44 bits per heavy atom. The van der Waals surface area contributed by atoms with Gasteiger partial charge < -0.3 is 15.5 Å². The number of aliphatic hydroxyl groups excluding tert-OH is 1. The van der Waals surface area contributed by atoms with E-state index in [1.165, 1.54) is 0 Å². The van der Waals surface area contributed by atoms with Crippen LogP contribution in [0.5, 0.6) is 5.75 Å². The molecule has 1 aromatic rings. The van der Waals surface area contributed by atoms with Crippen molar-refractivity contribution < 1.29 is 19.0 Å². The van der Waals surface area contributed by atoms with Gasteiger partial charge in [-0.1, -0.05) is 0 Å². The normalized spacial score (nSPS) is 10.8. The zero-order chi connectivity index (χ0) is 13.4. The largest absolute Gasteiger partial charge is 0.503 e. The van der Waals surface area contributed by atoms with E-state index in [1.807, 2.05) is 0 Å². The highest BCUT2D eigenvalue weighted by Gasteiger charge is 2.08. The van der Waals surface area contributed by atoms with Gasteiger partial charge in [0.1, 0.15) is 0 Å². The average molecular weight is 277 g/mol. The maximum Gasteiger partial charge on any atom is 0.187 e. The summed E-state index contributed by atoms with van der Waals surface area (Å²) in [5.74, 6) is -1.03. The van der Waals surface area contributed by atoms with Crippen molar-refractivity contribution in [2.75, 3.05) is 24.7 Å².